The third kappa shape index (κ3) is 1.76. The van der Waals surface area contributed by atoms with Crippen molar-refractivity contribution in [3.8, 4) is 0 Å². The highest BCUT2D eigenvalue weighted by Crippen LogP contribution is 2.38. The van der Waals surface area contributed by atoms with Crippen LogP contribution in [0.15, 0.2) is 23.1 Å². The van der Waals surface area contributed by atoms with E-state index in [4.69, 9.17) is 10.5 Å². The quantitative estimate of drug-likeness (QED) is 0.757. The molecule has 0 saturated carbocycles. The van der Waals surface area contributed by atoms with Gasteiger partial charge >= 0.3 is 0 Å². The molecule has 1 unspecified atom stereocenters. The van der Waals surface area contributed by atoms with E-state index in [-0.39, 0.29) is 0 Å². The van der Waals surface area contributed by atoms with E-state index in [0.717, 1.165) is 37.6 Å². The summed E-state index contributed by atoms with van der Waals surface area (Å²) in [4.78, 5) is 3.82. The number of rotatable bonds is 1. The van der Waals surface area contributed by atoms with E-state index >= 15 is 0 Å². The Labute approximate surface area is 99.9 Å². The number of ether oxygens (including phenoxy) is 1. The van der Waals surface area contributed by atoms with Crippen LogP contribution in [0.2, 0.25) is 0 Å². The molecule has 86 valence electrons. The number of nitrogen functional groups attached to an aromatic ring is 1. The van der Waals surface area contributed by atoms with Gasteiger partial charge in [-0.25, -0.2) is 0 Å². The molecule has 16 heavy (non-hydrogen) atoms. The summed E-state index contributed by atoms with van der Waals surface area (Å²) in [5, 5.41) is 0. The second kappa shape index (κ2) is 4.18. The highest BCUT2D eigenvalue weighted by Gasteiger charge is 2.27. The molecule has 3 nitrogen and oxygen atoms in total. The zero-order valence-electron chi connectivity index (χ0n) is 9.19. The van der Waals surface area contributed by atoms with Gasteiger partial charge in [-0.2, -0.15) is 0 Å². The fraction of sp³-hybridized carbons (Fsp3) is 0.500. The van der Waals surface area contributed by atoms with Gasteiger partial charge in [-0.15, -0.1) is 11.8 Å². The Balaban J connectivity index is 1.94. The van der Waals surface area contributed by atoms with E-state index in [1.807, 2.05) is 17.8 Å². The standard InChI is InChI=1S/C12H16N2OS/c13-9-1-2-12-11(7-9)14(4-6-16-12)10-3-5-15-8-10/h1-2,7,10H,3-6,8,13H2. The number of fused-ring (bicyclic) bond motifs is 1. The van der Waals surface area contributed by atoms with Crippen molar-refractivity contribution in [2.75, 3.05) is 36.1 Å². The average molecular weight is 236 g/mol. The Bertz CT molecular complexity index is 391. The zero-order chi connectivity index (χ0) is 11.0. The molecule has 0 amide bonds. The molecule has 2 heterocycles. The molecule has 1 saturated heterocycles. The van der Waals surface area contributed by atoms with Gasteiger partial charge in [-0.1, -0.05) is 0 Å². The summed E-state index contributed by atoms with van der Waals surface area (Å²) in [5.41, 5.74) is 8.03. The molecule has 1 aromatic carbocycles. The molecule has 4 heteroatoms. The Hall–Kier alpha value is -0.870. The summed E-state index contributed by atoms with van der Waals surface area (Å²) in [6, 6.07) is 6.76. The molecule has 0 spiro atoms. The molecule has 0 aliphatic carbocycles. The van der Waals surface area contributed by atoms with Crippen molar-refractivity contribution in [2.45, 2.75) is 17.4 Å². The molecule has 1 atom stereocenters. The number of benzene rings is 1. The summed E-state index contributed by atoms with van der Waals surface area (Å²) in [7, 11) is 0. The van der Waals surface area contributed by atoms with E-state index in [1.165, 1.54) is 10.6 Å². The summed E-state index contributed by atoms with van der Waals surface area (Å²) >= 11 is 1.92. The largest absolute Gasteiger partial charge is 0.399 e. The van der Waals surface area contributed by atoms with Crippen LogP contribution in [-0.4, -0.2) is 31.6 Å². The maximum Gasteiger partial charge on any atom is 0.0670 e. The third-order valence-electron chi connectivity index (χ3n) is 3.23. The SMILES string of the molecule is Nc1ccc2c(c1)N(C1CCOC1)CCS2. The van der Waals surface area contributed by atoms with Crippen LogP contribution in [0.4, 0.5) is 11.4 Å². The summed E-state index contributed by atoms with van der Waals surface area (Å²) < 4.78 is 5.48. The highest BCUT2D eigenvalue weighted by atomic mass is 32.2. The number of anilines is 2. The van der Waals surface area contributed by atoms with E-state index < -0.39 is 0 Å². The van der Waals surface area contributed by atoms with E-state index in [0.29, 0.717) is 6.04 Å². The van der Waals surface area contributed by atoms with Crippen LogP contribution >= 0.6 is 11.8 Å². The number of thioether (sulfide) groups is 1. The number of nitrogens with zero attached hydrogens (tertiary/aromatic N) is 1. The molecule has 2 aliphatic rings. The molecule has 0 bridgehead atoms. The first-order valence-corrected chi connectivity index (χ1v) is 6.70. The van der Waals surface area contributed by atoms with Crippen molar-refractivity contribution in [1.29, 1.82) is 0 Å². The molecular weight excluding hydrogens is 220 g/mol. The van der Waals surface area contributed by atoms with Gasteiger partial charge in [-0.05, 0) is 24.6 Å². The maximum absolute atomic E-state index is 5.88. The van der Waals surface area contributed by atoms with Gasteiger partial charge in [0.25, 0.3) is 0 Å². The van der Waals surface area contributed by atoms with Gasteiger partial charge in [0.2, 0.25) is 0 Å². The first-order chi connectivity index (χ1) is 7.84. The second-order valence-electron chi connectivity index (χ2n) is 4.29. The fourth-order valence-corrected chi connectivity index (χ4v) is 3.40. The molecule has 0 aromatic heterocycles. The number of hydrogen-bond donors (Lipinski definition) is 1. The van der Waals surface area contributed by atoms with Crippen molar-refractivity contribution in [3.05, 3.63) is 18.2 Å². The van der Waals surface area contributed by atoms with Gasteiger partial charge in [0, 0.05) is 29.5 Å². The lowest BCUT2D eigenvalue weighted by Gasteiger charge is -2.35. The van der Waals surface area contributed by atoms with Gasteiger partial charge < -0.3 is 15.4 Å². The van der Waals surface area contributed by atoms with Crippen molar-refractivity contribution >= 4 is 23.1 Å². The van der Waals surface area contributed by atoms with Gasteiger partial charge in [0.15, 0.2) is 0 Å². The van der Waals surface area contributed by atoms with E-state index in [1.54, 1.807) is 0 Å². The average Bonchev–Trinajstić information content (AvgIpc) is 2.81. The summed E-state index contributed by atoms with van der Waals surface area (Å²) in [5.74, 6) is 1.16. The van der Waals surface area contributed by atoms with Crippen molar-refractivity contribution in [2.24, 2.45) is 0 Å². The van der Waals surface area contributed by atoms with Gasteiger partial charge in [0.1, 0.15) is 0 Å². The van der Waals surface area contributed by atoms with Gasteiger partial charge in [-0.3, -0.25) is 0 Å². The van der Waals surface area contributed by atoms with Crippen LogP contribution in [0.3, 0.4) is 0 Å². The minimum atomic E-state index is 0.543. The molecule has 2 N–H and O–H groups in total. The third-order valence-corrected chi connectivity index (χ3v) is 4.27. The smallest absolute Gasteiger partial charge is 0.0670 e. The first kappa shape index (κ1) is 10.3. The second-order valence-corrected chi connectivity index (χ2v) is 5.42. The van der Waals surface area contributed by atoms with Crippen LogP contribution in [0.5, 0.6) is 0 Å². The Morgan fingerprint density at radius 3 is 3.19 bits per heavy atom. The normalized spacial score (nSPS) is 24.5. The molecule has 2 aliphatic heterocycles. The molecular formula is C12H16N2OS. The number of nitrogens with two attached hydrogens (primary N) is 1. The lowest BCUT2D eigenvalue weighted by atomic mass is 10.1. The van der Waals surface area contributed by atoms with Crippen LogP contribution in [0.1, 0.15) is 6.42 Å². The van der Waals surface area contributed by atoms with Crippen molar-refractivity contribution < 1.29 is 4.74 Å². The molecule has 1 aromatic rings. The summed E-state index contributed by atoms with van der Waals surface area (Å²) in [6.07, 6.45) is 1.14. The molecule has 0 radical (unpaired) electrons. The van der Waals surface area contributed by atoms with E-state index in [9.17, 15) is 0 Å². The van der Waals surface area contributed by atoms with Crippen LogP contribution < -0.4 is 10.6 Å². The number of hydrogen-bond acceptors (Lipinski definition) is 4. The van der Waals surface area contributed by atoms with Crippen LogP contribution in [0, 0.1) is 0 Å². The van der Waals surface area contributed by atoms with Crippen molar-refractivity contribution in [3.63, 3.8) is 0 Å². The summed E-state index contributed by atoms with van der Waals surface area (Å²) in [6.45, 7) is 2.86. The van der Waals surface area contributed by atoms with Crippen LogP contribution in [0.25, 0.3) is 0 Å². The Kier molecular flexibility index (Phi) is 2.69. The zero-order valence-corrected chi connectivity index (χ0v) is 10.0. The lowest BCUT2D eigenvalue weighted by Crippen LogP contribution is -2.39. The monoisotopic (exact) mass is 236 g/mol. The molecule has 3 rings (SSSR count). The topological polar surface area (TPSA) is 38.5 Å². The Morgan fingerprint density at radius 1 is 1.44 bits per heavy atom. The minimum absolute atomic E-state index is 0.543. The Morgan fingerprint density at radius 2 is 2.38 bits per heavy atom. The highest BCUT2D eigenvalue weighted by molar-refractivity contribution is 7.99. The lowest BCUT2D eigenvalue weighted by molar-refractivity contribution is 0.193. The van der Waals surface area contributed by atoms with E-state index in [2.05, 4.69) is 17.0 Å². The predicted octanol–water partition coefficient (Wildman–Crippen LogP) is 1.97. The molecule has 1 fully saturated rings. The fourth-order valence-electron chi connectivity index (χ4n) is 2.40. The maximum atomic E-state index is 5.88. The minimum Gasteiger partial charge on any atom is -0.399 e. The van der Waals surface area contributed by atoms with Crippen molar-refractivity contribution in [1.82, 2.24) is 0 Å². The van der Waals surface area contributed by atoms with Crippen LogP contribution in [-0.2, 0) is 4.74 Å². The predicted molar refractivity (Wildman–Crippen MR) is 68.1 cm³/mol. The first-order valence-electron chi connectivity index (χ1n) is 5.71. The van der Waals surface area contributed by atoms with Gasteiger partial charge in [0.05, 0.1) is 18.3 Å².